The first-order valence-corrected chi connectivity index (χ1v) is 11.5. The molecule has 1 aromatic carbocycles. The van der Waals surface area contributed by atoms with Crippen molar-refractivity contribution < 1.29 is 32.3 Å². The Kier molecular flexibility index (Phi) is 6.79. The third kappa shape index (κ3) is 5.45. The number of thiazole rings is 1. The Morgan fingerprint density at radius 1 is 1.26 bits per heavy atom. The zero-order valence-corrected chi connectivity index (χ0v) is 19.3. The summed E-state index contributed by atoms with van der Waals surface area (Å²) < 4.78 is 53.1. The number of phenols is 1. The molecule has 3 aromatic rings. The van der Waals surface area contributed by atoms with Gasteiger partial charge in [-0.25, -0.2) is 9.37 Å². The molecule has 2 aromatic heterocycles. The highest BCUT2D eigenvalue weighted by Gasteiger charge is 2.35. The first-order chi connectivity index (χ1) is 16.5. The van der Waals surface area contributed by atoms with E-state index in [-0.39, 0.29) is 35.4 Å². The molecule has 3 heterocycles. The summed E-state index contributed by atoms with van der Waals surface area (Å²) in [6.07, 6.45) is -3.37. The number of benzene rings is 1. The summed E-state index contributed by atoms with van der Waals surface area (Å²) in [5.41, 5.74) is -0.980. The number of phenolic OH excluding ortho intramolecular Hbond substituents is 1. The summed E-state index contributed by atoms with van der Waals surface area (Å²) >= 11 is 1.33. The van der Waals surface area contributed by atoms with Crippen LogP contribution >= 0.6 is 11.3 Å². The van der Waals surface area contributed by atoms with E-state index in [4.69, 9.17) is 0 Å². The molecule has 0 saturated carbocycles. The van der Waals surface area contributed by atoms with E-state index in [1.54, 1.807) is 10.3 Å². The van der Waals surface area contributed by atoms with Gasteiger partial charge in [0.25, 0.3) is 5.91 Å². The largest absolute Gasteiger partial charge is 0.504 e. The zero-order chi connectivity index (χ0) is 25.3. The number of aryl methyl sites for hydroxylation is 1. The number of alkyl halides is 3. The Hall–Kier alpha value is -3.48. The van der Waals surface area contributed by atoms with Gasteiger partial charge in [0.1, 0.15) is 12.4 Å². The van der Waals surface area contributed by atoms with E-state index in [0.717, 1.165) is 21.8 Å². The van der Waals surface area contributed by atoms with Gasteiger partial charge in [-0.3, -0.25) is 14.3 Å². The lowest BCUT2D eigenvalue weighted by molar-refractivity contribution is -0.142. The average molecular weight is 512 g/mol. The number of nitrogens with zero attached hydrogens (tertiary/aromatic N) is 4. The van der Waals surface area contributed by atoms with E-state index >= 15 is 0 Å². The summed E-state index contributed by atoms with van der Waals surface area (Å²) in [7, 11) is 0. The van der Waals surface area contributed by atoms with Gasteiger partial charge in [0.2, 0.25) is 5.91 Å². The molecule has 0 spiro atoms. The molecule has 1 fully saturated rings. The molecule has 1 aliphatic rings. The zero-order valence-electron chi connectivity index (χ0n) is 18.5. The number of halogens is 4. The second-order valence-corrected chi connectivity index (χ2v) is 9.03. The molecule has 13 heteroatoms. The molecular weight excluding hydrogens is 490 g/mol. The van der Waals surface area contributed by atoms with Gasteiger partial charge in [-0.05, 0) is 38.0 Å². The van der Waals surface area contributed by atoms with Gasteiger partial charge in [-0.15, -0.1) is 11.3 Å². The molecule has 0 aliphatic carbocycles. The number of hydrogen-bond donors (Lipinski definition) is 2. The van der Waals surface area contributed by atoms with Gasteiger partial charge in [-0.2, -0.15) is 18.3 Å². The Labute approximate surface area is 201 Å². The van der Waals surface area contributed by atoms with E-state index < -0.39 is 29.3 Å². The monoisotopic (exact) mass is 511 g/mol. The Bertz CT molecular complexity index is 1250. The van der Waals surface area contributed by atoms with E-state index in [2.05, 4.69) is 15.4 Å². The Balaban J connectivity index is 1.32. The number of amides is 2. The van der Waals surface area contributed by atoms with Crippen LogP contribution in [0.5, 0.6) is 5.75 Å². The van der Waals surface area contributed by atoms with Crippen molar-refractivity contribution in [2.24, 2.45) is 0 Å². The molecule has 0 radical (unpaired) electrons. The van der Waals surface area contributed by atoms with Gasteiger partial charge >= 0.3 is 6.18 Å². The third-order valence-electron chi connectivity index (χ3n) is 5.75. The minimum atomic E-state index is -4.57. The molecule has 0 bridgehead atoms. The van der Waals surface area contributed by atoms with Gasteiger partial charge in [0.15, 0.2) is 17.3 Å². The van der Waals surface area contributed by atoms with Crippen molar-refractivity contribution in [1.82, 2.24) is 19.7 Å². The summed E-state index contributed by atoms with van der Waals surface area (Å²) in [6.45, 7) is 2.02. The van der Waals surface area contributed by atoms with Crippen LogP contribution in [-0.2, 0) is 17.5 Å². The van der Waals surface area contributed by atoms with E-state index in [0.29, 0.717) is 25.9 Å². The second-order valence-electron chi connectivity index (χ2n) is 8.14. The molecule has 0 atom stereocenters. The third-order valence-corrected chi connectivity index (χ3v) is 6.76. The highest BCUT2D eigenvalue weighted by molar-refractivity contribution is 7.10. The lowest BCUT2D eigenvalue weighted by Gasteiger charge is -2.31. The topological polar surface area (TPSA) is 100 Å². The van der Waals surface area contributed by atoms with Crippen molar-refractivity contribution >= 4 is 29.0 Å². The molecular formula is C22H21F4N5O3S. The Morgan fingerprint density at radius 3 is 2.63 bits per heavy atom. The van der Waals surface area contributed by atoms with E-state index in [1.165, 1.54) is 30.4 Å². The standard InChI is InChI=1S/C22H21F4N5O3S/c1-12-9-16(22(24,25)26)29-31(12)10-18(32)30-7-5-13(6-8-30)21-28-17(11-35-21)27-20(34)14-3-2-4-15(23)19(14)33/h2-4,9,11,13,33H,5-8,10H2,1H3,(H,27,34). The number of likely N-dealkylation sites (tertiary alicyclic amines) is 1. The van der Waals surface area contributed by atoms with Crippen LogP contribution in [0.3, 0.4) is 0 Å². The number of aromatic nitrogens is 3. The lowest BCUT2D eigenvalue weighted by atomic mass is 9.97. The van der Waals surface area contributed by atoms with Crippen molar-refractivity contribution in [2.75, 3.05) is 18.4 Å². The summed E-state index contributed by atoms with van der Waals surface area (Å²) in [6, 6.07) is 4.56. The number of hydrogen-bond acceptors (Lipinski definition) is 6. The van der Waals surface area contributed by atoms with Crippen LogP contribution in [0.1, 0.15) is 45.5 Å². The first kappa shape index (κ1) is 24.6. The summed E-state index contributed by atoms with van der Waals surface area (Å²) in [4.78, 5) is 30.9. The normalized spacial score (nSPS) is 14.8. The molecule has 2 amide bonds. The number of para-hydroxylation sites is 1. The summed E-state index contributed by atoms with van der Waals surface area (Å²) in [5.74, 6) is -2.33. The van der Waals surface area contributed by atoms with Crippen LogP contribution in [0.25, 0.3) is 0 Å². The van der Waals surface area contributed by atoms with Crippen molar-refractivity contribution in [2.45, 2.75) is 38.4 Å². The van der Waals surface area contributed by atoms with E-state index in [1.807, 2.05) is 0 Å². The van der Waals surface area contributed by atoms with Crippen LogP contribution < -0.4 is 5.32 Å². The van der Waals surface area contributed by atoms with Gasteiger partial charge < -0.3 is 15.3 Å². The molecule has 1 aliphatic heterocycles. The predicted octanol–water partition coefficient (Wildman–Crippen LogP) is 4.17. The van der Waals surface area contributed by atoms with Crippen molar-refractivity contribution in [3.05, 3.63) is 57.4 Å². The number of carbonyl (C=O) groups is 2. The minimum absolute atomic E-state index is 0.0422. The SMILES string of the molecule is Cc1cc(C(F)(F)F)nn1CC(=O)N1CCC(c2nc(NC(=O)c3cccc(F)c3O)cs2)CC1. The van der Waals surface area contributed by atoms with Crippen molar-refractivity contribution in [3.8, 4) is 5.75 Å². The maximum atomic E-state index is 13.5. The number of piperidine rings is 1. The quantitative estimate of drug-likeness (QED) is 0.501. The van der Waals surface area contributed by atoms with E-state index in [9.17, 15) is 32.3 Å². The summed E-state index contributed by atoms with van der Waals surface area (Å²) in [5, 5.41) is 18.2. The maximum absolute atomic E-state index is 13.5. The molecule has 2 N–H and O–H groups in total. The van der Waals surface area contributed by atoms with Gasteiger partial charge in [-0.1, -0.05) is 6.07 Å². The molecule has 186 valence electrons. The minimum Gasteiger partial charge on any atom is -0.504 e. The molecule has 0 unspecified atom stereocenters. The molecule has 8 nitrogen and oxygen atoms in total. The smallest absolute Gasteiger partial charge is 0.435 e. The number of aromatic hydroxyl groups is 1. The number of anilines is 1. The molecule has 1 saturated heterocycles. The van der Waals surface area contributed by atoms with Crippen molar-refractivity contribution in [3.63, 3.8) is 0 Å². The number of carbonyl (C=O) groups excluding carboxylic acids is 2. The predicted molar refractivity (Wildman–Crippen MR) is 119 cm³/mol. The maximum Gasteiger partial charge on any atom is 0.435 e. The molecule has 4 rings (SSSR count). The highest BCUT2D eigenvalue weighted by Crippen LogP contribution is 2.32. The van der Waals surface area contributed by atoms with Crippen LogP contribution in [-0.4, -0.2) is 49.7 Å². The van der Waals surface area contributed by atoms with Crippen molar-refractivity contribution in [1.29, 1.82) is 0 Å². The van der Waals surface area contributed by atoms with Crippen LogP contribution in [0.4, 0.5) is 23.4 Å². The first-order valence-electron chi connectivity index (χ1n) is 10.7. The fraction of sp³-hybridized carbons (Fsp3) is 0.364. The average Bonchev–Trinajstić information content (AvgIpc) is 3.42. The van der Waals surface area contributed by atoms with Gasteiger partial charge in [0, 0.05) is 30.1 Å². The fourth-order valence-corrected chi connectivity index (χ4v) is 4.75. The highest BCUT2D eigenvalue weighted by atomic mass is 32.1. The molecule has 35 heavy (non-hydrogen) atoms. The number of nitrogens with one attached hydrogen (secondary N) is 1. The van der Waals surface area contributed by atoms with Crippen LogP contribution in [0.2, 0.25) is 0 Å². The fourth-order valence-electron chi connectivity index (χ4n) is 3.83. The number of rotatable bonds is 5. The van der Waals surface area contributed by atoms with Gasteiger partial charge in [0.05, 0.1) is 10.6 Å². The van der Waals surface area contributed by atoms with Crippen LogP contribution in [0.15, 0.2) is 29.6 Å². The lowest BCUT2D eigenvalue weighted by Crippen LogP contribution is -2.40. The second kappa shape index (κ2) is 9.64. The Morgan fingerprint density at radius 2 is 1.97 bits per heavy atom. The van der Waals surface area contributed by atoms with Crippen LogP contribution in [0, 0.1) is 12.7 Å².